The topological polar surface area (TPSA) is 45.0 Å². The van der Waals surface area contributed by atoms with Gasteiger partial charge in [0.05, 0.1) is 12.1 Å². The van der Waals surface area contributed by atoms with Crippen LogP contribution in [0.5, 0.6) is 0 Å². The lowest BCUT2D eigenvalue weighted by atomic mass is 10.0. The van der Waals surface area contributed by atoms with E-state index in [0.29, 0.717) is 5.41 Å². The minimum Gasteiger partial charge on any atom is -0.385 e. The Morgan fingerprint density at radius 2 is 2.29 bits per heavy atom. The standard InChI is InChI=1S/C11H20N2O/c1-3-10(8-12)13-9-11(4-5-11)6-7-14-2/h10,13H,3-7,9H2,1-2H3. The second-order valence-corrected chi connectivity index (χ2v) is 4.21. The van der Waals surface area contributed by atoms with Crippen molar-refractivity contribution in [2.24, 2.45) is 5.41 Å². The molecule has 1 unspecified atom stereocenters. The highest BCUT2D eigenvalue weighted by atomic mass is 16.5. The van der Waals surface area contributed by atoms with Gasteiger partial charge in [0.1, 0.15) is 0 Å². The lowest BCUT2D eigenvalue weighted by molar-refractivity contribution is 0.170. The molecule has 0 aromatic heterocycles. The Labute approximate surface area is 86.4 Å². The van der Waals surface area contributed by atoms with Gasteiger partial charge in [0.25, 0.3) is 0 Å². The van der Waals surface area contributed by atoms with Crippen molar-refractivity contribution in [3.05, 3.63) is 0 Å². The first-order valence-corrected chi connectivity index (χ1v) is 5.38. The summed E-state index contributed by atoms with van der Waals surface area (Å²) in [7, 11) is 1.74. The summed E-state index contributed by atoms with van der Waals surface area (Å²) >= 11 is 0. The highest BCUT2D eigenvalue weighted by Crippen LogP contribution is 2.48. The zero-order valence-corrected chi connectivity index (χ0v) is 9.18. The number of ether oxygens (including phenoxy) is 1. The fourth-order valence-corrected chi connectivity index (χ4v) is 1.63. The maximum atomic E-state index is 8.78. The van der Waals surface area contributed by atoms with Gasteiger partial charge in [0.2, 0.25) is 0 Å². The minimum atomic E-state index is 0.0232. The van der Waals surface area contributed by atoms with E-state index < -0.39 is 0 Å². The molecule has 1 atom stereocenters. The normalized spacial score (nSPS) is 20.1. The van der Waals surface area contributed by atoms with E-state index in [2.05, 4.69) is 11.4 Å². The summed E-state index contributed by atoms with van der Waals surface area (Å²) < 4.78 is 5.08. The summed E-state index contributed by atoms with van der Waals surface area (Å²) in [6.07, 6.45) is 4.58. The maximum absolute atomic E-state index is 8.78. The first kappa shape index (κ1) is 11.5. The molecule has 0 saturated heterocycles. The Bertz CT molecular complexity index is 206. The van der Waals surface area contributed by atoms with Gasteiger partial charge in [-0.05, 0) is 31.1 Å². The predicted molar refractivity (Wildman–Crippen MR) is 55.9 cm³/mol. The van der Waals surface area contributed by atoms with E-state index in [4.69, 9.17) is 10.00 Å². The van der Waals surface area contributed by atoms with Gasteiger partial charge in [-0.2, -0.15) is 5.26 Å². The minimum absolute atomic E-state index is 0.0232. The molecule has 80 valence electrons. The summed E-state index contributed by atoms with van der Waals surface area (Å²) in [5.74, 6) is 0. The molecule has 0 radical (unpaired) electrons. The number of nitrogens with zero attached hydrogens (tertiary/aromatic N) is 1. The average Bonchev–Trinajstić information content (AvgIpc) is 2.97. The van der Waals surface area contributed by atoms with Crippen molar-refractivity contribution in [3.8, 4) is 6.07 Å². The molecule has 1 rings (SSSR count). The number of methoxy groups -OCH3 is 1. The summed E-state index contributed by atoms with van der Waals surface area (Å²) in [4.78, 5) is 0. The summed E-state index contributed by atoms with van der Waals surface area (Å²) in [5, 5.41) is 12.1. The summed E-state index contributed by atoms with van der Waals surface area (Å²) in [6.45, 7) is 3.85. The second kappa shape index (κ2) is 5.33. The van der Waals surface area contributed by atoms with Gasteiger partial charge < -0.3 is 10.1 Å². The van der Waals surface area contributed by atoms with E-state index in [9.17, 15) is 0 Å². The SMILES string of the molecule is CCC(C#N)NCC1(CCOC)CC1. The van der Waals surface area contributed by atoms with Crippen LogP contribution in [-0.4, -0.2) is 26.3 Å². The van der Waals surface area contributed by atoms with Crippen LogP contribution in [0.1, 0.15) is 32.6 Å². The maximum Gasteiger partial charge on any atom is 0.0950 e. The zero-order valence-electron chi connectivity index (χ0n) is 9.18. The monoisotopic (exact) mass is 196 g/mol. The predicted octanol–water partition coefficient (Wildman–Crippen LogP) is 1.69. The van der Waals surface area contributed by atoms with Crippen LogP contribution >= 0.6 is 0 Å². The Morgan fingerprint density at radius 1 is 1.57 bits per heavy atom. The Morgan fingerprint density at radius 3 is 2.71 bits per heavy atom. The largest absolute Gasteiger partial charge is 0.385 e. The molecule has 0 amide bonds. The van der Waals surface area contributed by atoms with E-state index >= 15 is 0 Å². The molecule has 0 spiro atoms. The van der Waals surface area contributed by atoms with Gasteiger partial charge in [0, 0.05) is 20.3 Å². The Hall–Kier alpha value is -0.590. The van der Waals surface area contributed by atoms with Crippen LogP contribution < -0.4 is 5.32 Å². The van der Waals surface area contributed by atoms with Gasteiger partial charge in [-0.15, -0.1) is 0 Å². The fourth-order valence-electron chi connectivity index (χ4n) is 1.63. The van der Waals surface area contributed by atoms with Crippen LogP contribution in [0, 0.1) is 16.7 Å². The fraction of sp³-hybridized carbons (Fsp3) is 0.909. The molecule has 1 aliphatic rings. The van der Waals surface area contributed by atoms with Gasteiger partial charge >= 0.3 is 0 Å². The van der Waals surface area contributed by atoms with Gasteiger partial charge in [-0.3, -0.25) is 0 Å². The van der Waals surface area contributed by atoms with Crippen molar-refractivity contribution in [1.29, 1.82) is 5.26 Å². The van der Waals surface area contributed by atoms with Crippen LogP contribution in [0.25, 0.3) is 0 Å². The number of nitrogens with one attached hydrogen (secondary N) is 1. The molecule has 0 aromatic rings. The Balaban J connectivity index is 2.20. The zero-order chi connectivity index (χ0) is 10.4. The van der Waals surface area contributed by atoms with Crippen molar-refractivity contribution in [2.45, 2.75) is 38.6 Å². The molecule has 1 aliphatic carbocycles. The lowest BCUT2D eigenvalue weighted by Crippen LogP contribution is -2.33. The average molecular weight is 196 g/mol. The van der Waals surface area contributed by atoms with E-state index in [0.717, 1.165) is 26.0 Å². The van der Waals surface area contributed by atoms with Crippen LogP contribution in [0.15, 0.2) is 0 Å². The van der Waals surface area contributed by atoms with Crippen molar-refractivity contribution >= 4 is 0 Å². The highest BCUT2D eigenvalue weighted by Gasteiger charge is 2.41. The second-order valence-electron chi connectivity index (χ2n) is 4.21. The molecule has 0 aliphatic heterocycles. The van der Waals surface area contributed by atoms with Crippen molar-refractivity contribution < 1.29 is 4.74 Å². The van der Waals surface area contributed by atoms with Crippen LogP contribution in [0.4, 0.5) is 0 Å². The van der Waals surface area contributed by atoms with E-state index in [1.54, 1.807) is 7.11 Å². The molecular formula is C11H20N2O. The van der Waals surface area contributed by atoms with E-state index in [1.807, 2.05) is 6.92 Å². The first-order valence-electron chi connectivity index (χ1n) is 5.38. The number of hydrogen-bond donors (Lipinski definition) is 1. The lowest BCUT2D eigenvalue weighted by Gasteiger charge is -2.17. The Kier molecular flexibility index (Phi) is 4.37. The quantitative estimate of drug-likeness (QED) is 0.674. The molecular weight excluding hydrogens is 176 g/mol. The van der Waals surface area contributed by atoms with Crippen LogP contribution in [0.3, 0.4) is 0 Å². The number of hydrogen-bond acceptors (Lipinski definition) is 3. The summed E-state index contributed by atoms with van der Waals surface area (Å²) in [6, 6.07) is 2.29. The molecule has 0 heterocycles. The van der Waals surface area contributed by atoms with Crippen molar-refractivity contribution in [3.63, 3.8) is 0 Å². The molecule has 3 nitrogen and oxygen atoms in total. The van der Waals surface area contributed by atoms with Crippen LogP contribution in [0.2, 0.25) is 0 Å². The van der Waals surface area contributed by atoms with Gasteiger partial charge in [-0.1, -0.05) is 6.92 Å². The molecule has 14 heavy (non-hydrogen) atoms. The van der Waals surface area contributed by atoms with E-state index in [-0.39, 0.29) is 6.04 Å². The van der Waals surface area contributed by atoms with Gasteiger partial charge in [0.15, 0.2) is 0 Å². The molecule has 1 fully saturated rings. The molecule has 1 N–H and O–H groups in total. The van der Waals surface area contributed by atoms with Gasteiger partial charge in [-0.25, -0.2) is 0 Å². The van der Waals surface area contributed by atoms with Crippen molar-refractivity contribution in [2.75, 3.05) is 20.3 Å². The molecule has 0 bridgehead atoms. The van der Waals surface area contributed by atoms with E-state index in [1.165, 1.54) is 12.8 Å². The third kappa shape index (κ3) is 3.28. The van der Waals surface area contributed by atoms with Crippen molar-refractivity contribution in [1.82, 2.24) is 5.32 Å². The number of rotatable bonds is 7. The molecule has 3 heteroatoms. The molecule has 1 saturated carbocycles. The van der Waals surface area contributed by atoms with Crippen LogP contribution in [-0.2, 0) is 4.74 Å². The highest BCUT2D eigenvalue weighted by molar-refractivity contribution is 4.98. The third-order valence-corrected chi connectivity index (χ3v) is 3.08. The first-order chi connectivity index (χ1) is 6.76. The third-order valence-electron chi connectivity index (χ3n) is 3.08. The number of nitriles is 1. The smallest absolute Gasteiger partial charge is 0.0950 e. The summed E-state index contributed by atoms with van der Waals surface area (Å²) in [5.41, 5.74) is 0.445. The molecule has 0 aromatic carbocycles.